The highest BCUT2D eigenvalue weighted by Gasteiger charge is 2.44. The largest absolute Gasteiger partial charge is 0.493 e. The molecule has 0 spiro atoms. The van der Waals surface area contributed by atoms with Gasteiger partial charge in [0.25, 0.3) is 17.7 Å². The number of benzene rings is 3. The number of imidazole rings is 1. The van der Waals surface area contributed by atoms with Crippen molar-refractivity contribution in [3.05, 3.63) is 116 Å². The molecule has 17 heteroatoms. The lowest BCUT2D eigenvalue weighted by molar-refractivity contribution is -0.136. The van der Waals surface area contributed by atoms with Crippen LogP contribution in [0.4, 0.5) is 11.4 Å². The number of hydrogen-bond acceptors (Lipinski definition) is 13. The van der Waals surface area contributed by atoms with Crippen molar-refractivity contribution in [2.24, 2.45) is 15.2 Å². The summed E-state index contributed by atoms with van der Waals surface area (Å²) in [4.78, 5) is 88.7. The number of nitrogens with one attached hydrogen (secondary N) is 2. The first kappa shape index (κ1) is 45.4. The second-order valence-electron chi connectivity index (χ2n) is 16.8. The van der Waals surface area contributed by atoms with Gasteiger partial charge < -0.3 is 14.8 Å². The fourth-order valence-electron chi connectivity index (χ4n) is 8.46. The molecule has 1 fully saturated rings. The molecule has 2 atom stereocenters. The molecular formula is C49H50N8O8S. The molecule has 1 saturated heterocycles. The molecule has 3 aliphatic heterocycles. The molecule has 16 nitrogen and oxygen atoms in total. The number of unbranched alkanes of at least 4 members (excludes halogenated alkanes) is 2. The van der Waals surface area contributed by atoms with E-state index in [1.807, 2.05) is 13.1 Å². The number of carbonyl (C=O) groups excluding carboxylic acids is 6. The highest BCUT2D eigenvalue weighted by molar-refractivity contribution is 7.15. The van der Waals surface area contributed by atoms with E-state index in [-0.39, 0.29) is 48.7 Å². The van der Waals surface area contributed by atoms with E-state index in [1.165, 1.54) is 35.7 Å². The summed E-state index contributed by atoms with van der Waals surface area (Å²) in [5, 5.41) is 14.7. The molecule has 5 heterocycles. The zero-order valence-corrected chi connectivity index (χ0v) is 38.5. The van der Waals surface area contributed by atoms with Crippen LogP contribution in [0.15, 0.2) is 76.0 Å². The van der Waals surface area contributed by atoms with Crippen molar-refractivity contribution in [3.8, 4) is 16.5 Å². The summed E-state index contributed by atoms with van der Waals surface area (Å²) in [5.74, 6) is -1.11. The van der Waals surface area contributed by atoms with Crippen molar-refractivity contribution in [1.29, 1.82) is 0 Å². The van der Waals surface area contributed by atoms with E-state index >= 15 is 0 Å². The van der Waals surface area contributed by atoms with Crippen molar-refractivity contribution in [2.45, 2.75) is 91.6 Å². The lowest BCUT2D eigenvalue weighted by atomic mass is 9.98. The molecule has 3 aliphatic rings. The van der Waals surface area contributed by atoms with E-state index in [0.29, 0.717) is 54.2 Å². The number of ketones is 1. The zero-order valence-electron chi connectivity index (χ0n) is 37.6. The lowest BCUT2D eigenvalue weighted by Crippen LogP contribution is -2.54. The number of aromatic nitrogens is 2. The molecule has 2 N–H and O–H groups in total. The fourth-order valence-corrected chi connectivity index (χ4v) is 9.68. The maximum absolute atomic E-state index is 13.5. The Labute approximate surface area is 385 Å². The Bertz CT molecular complexity index is 2860. The lowest BCUT2D eigenvalue weighted by Gasteiger charge is -2.27. The number of imide groups is 2. The number of azo groups is 1. The molecule has 5 amide bonds. The van der Waals surface area contributed by atoms with Crippen molar-refractivity contribution >= 4 is 63.7 Å². The minimum Gasteiger partial charge on any atom is -0.493 e. The number of fused-ring (bicyclic) bond motifs is 4. The highest BCUT2D eigenvalue weighted by atomic mass is 32.1. The van der Waals surface area contributed by atoms with Crippen LogP contribution in [0, 0.1) is 34.6 Å². The SMILES string of the molecule is COc1cc(N=Nc2ccc3c(c2)C(=O)N(C2CCC(=O)NC2=O)C3=O)cc(C)c1OCC(=O)NCCCCCC(=O)C[C@@H]1N=C(c2ccc(C)cc2)c2c(sc(C)c2C)-n2c(C)cnc21. The molecule has 66 heavy (non-hydrogen) atoms. The van der Waals surface area contributed by atoms with Gasteiger partial charge in [0.15, 0.2) is 18.1 Å². The number of aliphatic imine (C=N–C) groups is 1. The molecule has 8 rings (SSSR count). The molecule has 340 valence electrons. The predicted molar refractivity (Wildman–Crippen MR) is 247 cm³/mol. The molecule has 0 aliphatic carbocycles. The van der Waals surface area contributed by atoms with Crippen molar-refractivity contribution in [3.63, 3.8) is 0 Å². The first-order valence-electron chi connectivity index (χ1n) is 21.9. The van der Waals surface area contributed by atoms with Crippen LogP contribution in [0.25, 0.3) is 5.00 Å². The van der Waals surface area contributed by atoms with Gasteiger partial charge in [0.1, 0.15) is 28.7 Å². The van der Waals surface area contributed by atoms with Crippen LogP contribution in [0.1, 0.15) is 116 Å². The number of nitrogens with zero attached hydrogens (tertiary/aromatic N) is 6. The highest BCUT2D eigenvalue weighted by Crippen LogP contribution is 2.41. The third-order valence-electron chi connectivity index (χ3n) is 12.1. The van der Waals surface area contributed by atoms with Gasteiger partial charge in [0.05, 0.1) is 35.3 Å². The van der Waals surface area contributed by atoms with Crippen LogP contribution in [0.5, 0.6) is 11.5 Å². The quantitative estimate of drug-likeness (QED) is 0.0560. The number of aryl methyl sites for hydroxylation is 4. The molecule has 3 aromatic carbocycles. The number of hydrogen-bond donors (Lipinski definition) is 2. The van der Waals surface area contributed by atoms with Crippen molar-refractivity contribution < 1.29 is 38.2 Å². The normalized spacial score (nSPS) is 16.7. The molecule has 2 aromatic heterocycles. The Balaban J connectivity index is 0.810. The number of Topliss-reactive ketones (excluding diaryl/α,β-unsaturated/α-hetero) is 1. The van der Waals surface area contributed by atoms with E-state index in [1.54, 1.807) is 30.4 Å². The maximum atomic E-state index is 13.5. The smallest absolute Gasteiger partial charge is 0.262 e. The van der Waals surface area contributed by atoms with Crippen LogP contribution < -0.4 is 20.1 Å². The van der Waals surface area contributed by atoms with E-state index in [2.05, 4.69) is 70.5 Å². The van der Waals surface area contributed by atoms with Crippen molar-refractivity contribution in [2.75, 3.05) is 20.3 Å². The molecule has 0 radical (unpaired) electrons. The number of carbonyl (C=O) groups is 6. The van der Waals surface area contributed by atoms with E-state index in [9.17, 15) is 28.8 Å². The van der Waals surface area contributed by atoms with Crippen molar-refractivity contribution in [1.82, 2.24) is 25.1 Å². The van der Waals surface area contributed by atoms with Gasteiger partial charge in [-0.3, -0.25) is 48.5 Å². The number of rotatable bonds is 16. The molecule has 0 bridgehead atoms. The van der Waals surface area contributed by atoms with E-state index in [0.717, 1.165) is 50.2 Å². The van der Waals surface area contributed by atoms with Crippen LogP contribution in [0.3, 0.4) is 0 Å². The number of thiophene rings is 1. The third-order valence-corrected chi connectivity index (χ3v) is 13.2. The predicted octanol–water partition coefficient (Wildman–Crippen LogP) is 7.91. The summed E-state index contributed by atoms with van der Waals surface area (Å²) in [6.07, 6.45) is 4.70. The average molecular weight is 911 g/mol. The van der Waals surface area contributed by atoms with Gasteiger partial charge in [-0.25, -0.2) is 4.98 Å². The first-order valence-corrected chi connectivity index (χ1v) is 22.7. The topological polar surface area (TPSA) is 203 Å². The van der Waals surface area contributed by atoms with Gasteiger partial charge in [-0.2, -0.15) is 10.2 Å². The average Bonchev–Trinajstić information content (AvgIpc) is 3.87. The molecular weight excluding hydrogens is 861 g/mol. The minimum atomic E-state index is -1.07. The first-order chi connectivity index (χ1) is 31.7. The Hall–Kier alpha value is -7.14. The number of amides is 5. The Morgan fingerprint density at radius 2 is 1.67 bits per heavy atom. The maximum Gasteiger partial charge on any atom is 0.262 e. The summed E-state index contributed by atoms with van der Waals surface area (Å²) in [6.45, 7) is 10.3. The summed E-state index contributed by atoms with van der Waals surface area (Å²) in [5.41, 5.74) is 7.91. The number of ether oxygens (including phenoxy) is 2. The van der Waals surface area contributed by atoms with Gasteiger partial charge in [0.2, 0.25) is 11.8 Å². The van der Waals surface area contributed by atoms with Gasteiger partial charge >= 0.3 is 0 Å². The third kappa shape index (κ3) is 9.20. The van der Waals surface area contributed by atoms with Crippen LogP contribution >= 0.6 is 11.3 Å². The number of piperidine rings is 1. The van der Waals surface area contributed by atoms with Crippen LogP contribution in [-0.2, 0) is 19.2 Å². The van der Waals surface area contributed by atoms with Gasteiger partial charge in [0, 0.05) is 59.8 Å². The van der Waals surface area contributed by atoms with E-state index < -0.39 is 35.7 Å². The number of methoxy groups -OCH3 is 1. The zero-order chi connectivity index (χ0) is 46.8. The van der Waals surface area contributed by atoms with Gasteiger partial charge in [-0.05, 0) is 89.3 Å². The summed E-state index contributed by atoms with van der Waals surface area (Å²) in [6, 6.07) is 14.6. The Morgan fingerprint density at radius 1 is 0.909 bits per heavy atom. The van der Waals surface area contributed by atoms with E-state index in [4.69, 9.17) is 19.5 Å². The Kier molecular flexibility index (Phi) is 13.2. The van der Waals surface area contributed by atoms with Crippen LogP contribution in [0.2, 0.25) is 0 Å². The summed E-state index contributed by atoms with van der Waals surface area (Å²) >= 11 is 1.73. The fraction of sp³-hybridized carbons (Fsp3) is 0.347. The second kappa shape index (κ2) is 19.1. The van der Waals surface area contributed by atoms with Gasteiger partial charge in [-0.1, -0.05) is 36.2 Å². The minimum absolute atomic E-state index is 0.0245. The van der Waals surface area contributed by atoms with Crippen LogP contribution in [-0.4, -0.2) is 81.8 Å². The standard InChI is InChI=1S/C49H50N8O8S/c1-26-11-13-31(14-12-26)43-42-29(4)30(5)66-49(42)56-28(3)24-51-45(56)37(52-43)23-34(58)10-8-7-9-19-50-41(60)25-65-44-27(2)20-33(22-39(44)64-6)55-54-32-15-16-35-36(21-32)48(63)57(47(35)62)38-17-18-40(59)53-46(38)61/h11-16,20-22,24,37-38H,7-10,17-19,23,25H2,1-6H3,(H,50,60)(H,53,59,61)/t37-,38?/m0/s1. The second-order valence-corrected chi connectivity index (χ2v) is 18.0. The molecule has 5 aromatic rings. The molecule has 0 saturated carbocycles. The molecule has 1 unspecified atom stereocenters. The van der Waals surface area contributed by atoms with Gasteiger partial charge in [-0.15, -0.1) is 11.3 Å². The monoisotopic (exact) mass is 910 g/mol. The Morgan fingerprint density at radius 3 is 2.42 bits per heavy atom. The summed E-state index contributed by atoms with van der Waals surface area (Å²) < 4.78 is 13.6. The summed E-state index contributed by atoms with van der Waals surface area (Å²) in [7, 11) is 1.47.